The highest BCUT2D eigenvalue weighted by Crippen LogP contribution is 2.37. The molecule has 0 aliphatic carbocycles. The number of benzene rings is 2. The molecule has 0 atom stereocenters. The van der Waals surface area contributed by atoms with Crippen LogP contribution >= 0.6 is 27.5 Å². The van der Waals surface area contributed by atoms with E-state index in [1.54, 1.807) is 30.3 Å². The van der Waals surface area contributed by atoms with Crippen LogP contribution in [0.4, 0.5) is 0 Å². The van der Waals surface area contributed by atoms with Gasteiger partial charge in [0.2, 0.25) is 0 Å². The van der Waals surface area contributed by atoms with Gasteiger partial charge in [0, 0.05) is 21.2 Å². The van der Waals surface area contributed by atoms with Crippen molar-refractivity contribution in [2.45, 2.75) is 13.8 Å². The predicted octanol–water partition coefficient (Wildman–Crippen LogP) is 5.05. The van der Waals surface area contributed by atoms with Gasteiger partial charge in [-0.3, -0.25) is 4.79 Å². The first-order valence-corrected chi connectivity index (χ1v) is 7.96. The Morgan fingerprint density at radius 3 is 2.45 bits per heavy atom. The topological polar surface area (TPSA) is 35.5 Å². The minimum Gasteiger partial charge on any atom is -0.495 e. The number of ketones is 1. The molecule has 0 unspecified atom stereocenters. The van der Waals surface area contributed by atoms with Crippen molar-refractivity contribution >= 4 is 33.3 Å². The molecule has 2 aromatic carbocycles. The fraction of sp³-hybridized carbons (Fsp3) is 0.235. The lowest BCUT2D eigenvalue weighted by atomic mass is 10.0. The number of hydrogen-bond acceptors (Lipinski definition) is 3. The molecule has 0 spiro atoms. The van der Waals surface area contributed by atoms with Crippen LogP contribution in [-0.4, -0.2) is 19.5 Å². The van der Waals surface area contributed by atoms with E-state index in [1.807, 2.05) is 13.8 Å². The summed E-state index contributed by atoms with van der Waals surface area (Å²) in [7, 11) is 1.53. The number of halogens is 2. The van der Waals surface area contributed by atoms with Crippen LogP contribution in [0, 0.1) is 6.92 Å². The maximum absolute atomic E-state index is 12.7. The molecule has 0 aromatic heterocycles. The quantitative estimate of drug-likeness (QED) is 0.678. The predicted molar refractivity (Wildman–Crippen MR) is 91.5 cm³/mol. The Kier molecular flexibility index (Phi) is 5.48. The van der Waals surface area contributed by atoms with Crippen molar-refractivity contribution in [1.29, 1.82) is 0 Å². The third kappa shape index (κ3) is 3.28. The number of hydrogen-bond donors (Lipinski definition) is 0. The van der Waals surface area contributed by atoms with E-state index in [0.29, 0.717) is 28.5 Å². The average molecular weight is 384 g/mol. The monoisotopic (exact) mass is 382 g/mol. The molecule has 0 amide bonds. The Morgan fingerprint density at radius 1 is 1.27 bits per heavy atom. The molecule has 0 N–H and O–H groups in total. The van der Waals surface area contributed by atoms with Gasteiger partial charge in [0.25, 0.3) is 0 Å². The van der Waals surface area contributed by atoms with Gasteiger partial charge >= 0.3 is 0 Å². The van der Waals surface area contributed by atoms with Crippen molar-refractivity contribution in [3.05, 3.63) is 56.5 Å². The first-order valence-electron chi connectivity index (χ1n) is 6.79. The SMILES string of the molecule is CCOc1ccc(C(=O)c2cc(Br)c(C)c(OC)c2Cl)cc1. The second kappa shape index (κ2) is 7.16. The van der Waals surface area contributed by atoms with Crippen LogP contribution in [0.15, 0.2) is 34.8 Å². The number of methoxy groups -OCH3 is 1. The number of carbonyl (C=O) groups excluding carboxylic acids is 1. The van der Waals surface area contributed by atoms with Gasteiger partial charge in [-0.2, -0.15) is 0 Å². The van der Waals surface area contributed by atoms with Gasteiger partial charge in [0.1, 0.15) is 11.5 Å². The third-order valence-corrected chi connectivity index (χ3v) is 4.48. The first kappa shape index (κ1) is 16.8. The Morgan fingerprint density at radius 2 is 1.91 bits per heavy atom. The molecule has 0 radical (unpaired) electrons. The first-order chi connectivity index (χ1) is 10.5. The van der Waals surface area contributed by atoms with E-state index in [4.69, 9.17) is 21.1 Å². The Labute approximate surface area is 143 Å². The van der Waals surface area contributed by atoms with Crippen molar-refractivity contribution < 1.29 is 14.3 Å². The minimum absolute atomic E-state index is 0.160. The summed E-state index contributed by atoms with van der Waals surface area (Å²) in [6.45, 7) is 4.37. The van der Waals surface area contributed by atoms with E-state index in [2.05, 4.69) is 15.9 Å². The van der Waals surface area contributed by atoms with E-state index in [0.717, 1.165) is 15.8 Å². The minimum atomic E-state index is -0.160. The lowest BCUT2D eigenvalue weighted by Gasteiger charge is -2.13. The highest BCUT2D eigenvalue weighted by Gasteiger charge is 2.20. The van der Waals surface area contributed by atoms with E-state index in [-0.39, 0.29) is 5.78 Å². The van der Waals surface area contributed by atoms with E-state index in [1.165, 1.54) is 7.11 Å². The van der Waals surface area contributed by atoms with Gasteiger partial charge in [0.05, 0.1) is 18.7 Å². The van der Waals surface area contributed by atoms with Crippen molar-refractivity contribution in [3.63, 3.8) is 0 Å². The lowest BCUT2D eigenvalue weighted by molar-refractivity contribution is 0.103. The summed E-state index contributed by atoms with van der Waals surface area (Å²) in [5.41, 5.74) is 1.80. The molecule has 5 heteroatoms. The van der Waals surface area contributed by atoms with Crippen LogP contribution in [-0.2, 0) is 0 Å². The number of carbonyl (C=O) groups is 1. The van der Waals surface area contributed by atoms with Gasteiger partial charge in [0.15, 0.2) is 5.78 Å². The zero-order chi connectivity index (χ0) is 16.3. The molecule has 3 nitrogen and oxygen atoms in total. The molecular weight excluding hydrogens is 368 g/mol. The van der Waals surface area contributed by atoms with Crippen molar-refractivity contribution in [2.24, 2.45) is 0 Å². The van der Waals surface area contributed by atoms with Gasteiger partial charge in [-0.25, -0.2) is 0 Å². The second-order valence-corrected chi connectivity index (χ2v) is 5.90. The highest BCUT2D eigenvalue weighted by molar-refractivity contribution is 9.10. The van der Waals surface area contributed by atoms with E-state index >= 15 is 0 Å². The van der Waals surface area contributed by atoms with Crippen LogP contribution in [0.25, 0.3) is 0 Å². The fourth-order valence-corrected chi connectivity index (χ4v) is 2.89. The zero-order valence-corrected chi connectivity index (χ0v) is 14.9. The zero-order valence-electron chi connectivity index (χ0n) is 12.6. The molecule has 2 rings (SSSR count). The largest absolute Gasteiger partial charge is 0.495 e. The maximum Gasteiger partial charge on any atom is 0.194 e. The van der Waals surface area contributed by atoms with Crippen molar-refractivity contribution in [3.8, 4) is 11.5 Å². The van der Waals surface area contributed by atoms with Gasteiger partial charge in [-0.05, 0) is 44.2 Å². The standard InChI is InChI=1S/C17H16BrClO3/c1-4-22-12-7-5-11(6-8-12)16(20)13-9-14(18)10(2)17(21-3)15(13)19/h5-9H,4H2,1-3H3. The smallest absolute Gasteiger partial charge is 0.194 e. The highest BCUT2D eigenvalue weighted by atomic mass is 79.9. The van der Waals surface area contributed by atoms with Gasteiger partial charge in [-0.1, -0.05) is 27.5 Å². The molecule has 2 aromatic rings. The summed E-state index contributed by atoms with van der Waals surface area (Å²) in [6, 6.07) is 8.71. The molecule has 22 heavy (non-hydrogen) atoms. The van der Waals surface area contributed by atoms with Crippen LogP contribution in [0.2, 0.25) is 5.02 Å². The summed E-state index contributed by atoms with van der Waals surface area (Å²) >= 11 is 9.75. The molecule has 116 valence electrons. The molecule has 0 saturated heterocycles. The Bertz CT molecular complexity index is 696. The summed E-state index contributed by atoms with van der Waals surface area (Å²) in [5.74, 6) is 1.07. The Hall–Kier alpha value is -1.52. The van der Waals surface area contributed by atoms with Crippen LogP contribution in [0.3, 0.4) is 0 Å². The van der Waals surface area contributed by atoms with Crippen LogP contribution < -0.4 is 9.47 Å². The van der Waals surface area contributed by atoms with E-state index < -0.39 is 0 Å². The van der Waals surface area contributed by atoms with Crippen molar-refractivity contribution in [1.82, 2.24) is 0 Å². The summed E-state index contributed by atoms with van der Waals surface area (Å²) in [4.78, 5) is 12.7. The lowest BCUT2D eigenvalue weighted by Crippen LogP contribution is -2.05. The van der Waals surface area contributed by atoms with Gasteiger partial charge in [-0.15, -0.1) is 0 Å². The molecule has 0 saturated carbocycles. The molecule has 0 aliphatic rings. The van der Waals surface area contributed by atoms with E-state index in [9.17, 15) is 4.79 Å². The van der Waals surface area contributed by atoms with Crippen LogP contribution in [0.1, 0.15) is 28.4 Å². The summed E-state index contributed by atoms with van der Waals surface area (Å²) in [5, 5.41) is 0.321. The summed E-state index contributed by atoms with van der Waals surface area (Å²) < 4.78 is 11.5. The maximum atomic E-state index is 12.7. The fourth-order valence-electron chi connectivity index (χ4n) is 2.13. The van der Waals surface area contributed by atoms with Crippen LogP contribution in [0.5, 0.6) is 11.5 Å². The van der Waals surface area contributed by atoms with Crippen molar-refractivity contribution in [2.75, 3.05) is 13.7 Å². The third-order valence-electron chi connectivity index (χ3n) is 3.28. The Balaban J connectivity index is 2.43. The number of rotatable bonds is 5. The van der Waals surface area contributed by atoms with Gasteiger partial charge < -0.3 is 9.47 Å². The average Bonchev–Trinajstić information content (AvgIpc) is 2.52. The molecule has 0 fully saturated rings. The molecule has 0 aliphatic heterocycles. The summed E-state index contributed by atoms with van der Waals surface area (Å²) in [6.07, 6.45) is 0. The molecule has 0 bridgehead atoms. The molecular formula is C17H16BrClO3. The second-order valence-electron chi connectivity index (χ2n) is 4.66. The number of ether oxygens (including phenoxy) is 2. The molecule has 0 heterocycles. The normalized spacial score (nSPS) is 10.4.